The van der Waals surface area contributed by atoms with Crippen molar-refractivity contribution >= 4 is 11.8 Å². The summed E-state index contributed by atoms with van der Waals surface area (Å²) < 4.78 is 0. The van der Waals surface area contributed by atoms with Crippen LogP contribution < -0.4 is 0 Å². The fourth-order valence-corrected chi connectivity index (χ4v) is 1.97. The lowest BCUT2D eigenvalue weighted by Gasteiger charge is -2.09. The number of aliphatic hydroxyl groups is 1. The van der Waals surface area contributed by atoms with Crippen LogP contribution >= 0.6 is 0 Å². The second-order valence-electron chi connectivity index (χ2n) is 5.43. The largest absolute Gasteiger partial charge is 0.512 e. The first-order valence-electron chi connectivity index (χ1n) is 7.67. The Morgan fingerprint density at radius 2 is 1.43 bits per heavy atom. The Hall–Kier alpha value is -2.17. The number of carboxylic acid groups (broad SMARTS) is 1. The van der Waals surface area contributed by atoms with E-state index in [9.17, 15) is 9.59 Å². The third-order valence-corrected chi connectivity index (χ3v) is 4.01. The minimum atomic E-state index is -0.955. The lowest BCUT2D eigenvalue weighted by molar-refractivity contribution is -0.115. The van der Waals surface area contributed by atoms with Crippen LogP contribution in [-0.2, 0) is 4.79 Å². The van der Waals surface area contributed by atoms with Gasteiger partial charge in [-0.05, 0) is 51.3 Å². The van der Waals surface area contributed by atoms with Crippen LogP contribution in [0.15, 0.2) is 11.3 Å². The highest BCUT2D eigenvalue weighted by Crippen LogP contribution is 2.17. The van der Waals surface area contributed by atoms with Crippen molar-refractivity contribution in [1.29, 1.82) is 0 Å². The second-order valence-corrected chi connectivity index (χ2v) is 5.43. The number of aryl methyl sites for hydroxylation is 1. The minimum Gasteiger partial charge on any atom is -0.512 e. The van der Waals surface area contributed by atoms with Crippen LogP contribution in [0.2, 0.25) is 0 Å². The smallest absolute Gasteiger partial charge is 0.354 e. The molecule has 0 amide bonds. The van der Waals surface area contributed by atoms with Crippen molar-refractivity contribution in [2.45, 2.75) is 61.3 Å². The number of aliphatic hydroxyl groups excluding tert-OH is 1. The Balaban J connectivity index is 0.000000438. The van der Waals surface area contributed by atoms with Gasteiger partial charge in [0.1, 0.15) is 0 Å². The van der Waals surface area contributed by atoms with E-state index >= 15 is 0 Å². The molecule has 128 valence electrons. The Labute approximate surface area is 138 Å². The topological polar surface area (TPSA) is 87.5 Å². The molecule has 5 nitrogen and oxygen atoms in total. The molecule has 1 heterocycles. The van der Waals surface area contributed by atoms with Gasteiger partial charge in [-0.1, -0.05) is 13.8 Å². The van der Waals surface area contributed by atoms with Crippen LogP contribution in [-0.4, -0.2) is 26.9 Å². The fourth-order valence-electron chi connectivity index (χ4n) is 1.97. The van der Waals surface area contributed by atoms with Crippen molar-refractivity contribution in [3.8, 4) is 0 Å². The maximum absolute atomic E-state index is 10.9. The molecule has 0 aliphatic carbocycles. The molecule has 0 fully saturated rings. The molecule has 0 bridgehead atoms. The molecule has 0 spiro atoms. The third-order valence-electron chi connectivity index (χ3n) is 4.01. The zero-order valence-electron chi connectivity index (χ0n) is 15.1. The Morgan fingerprint density at radius 3 is 1.83 bits per heavy atom. The first-order chi connectivity index (χ1) is 10.6. The van der Waals surface area contributed by atoms with Gasteiger partial charge in [0, 0.05) is 24.1 Å². The summed E-state index contributed by atoms with van der Waals surface area (Å²) in [6.07, 6.45) is 1.01. The van der Waals surface area contributed by atoms with E-state index in [2.05, 4.69) is 4.98 Å². The molecule has 1 rings (SSSR count). The predicted molar refractivity (Wildman–Crippen MR) is 91.1 cm³/mol. The van der Waals surface area contributed by atoms with Crippen LogP contribution in [0.25, 0.3) is 0 Å². The van der Waals surface area contributed by atoms with Crippen LogP contribution in [0.5, 0.6) is 0 Å². The number of aromatic nitrogens is 1. The summed E-state index contributed by atoms with van der Waals surface area (Å²) in [5.41, 5.74) is 4.31. The zero-order valence-corrected chi connectivity index (χ0v) is 15.1. The number of aromatic carboxylic acids is 1. The standard InChI is InChI=1S/C10H13NO2.C8H14O2/c1-5-6(2)8(4)11-9(7(5)3)10(12)13;1-4-7(9)6(3)8(10)5-2/h1-4H3,(H,12,13);9H,4-5H2,1-3H3/b;7-6-. The second kappa shape index (κ2) is 9.08. The molecule has 23 heavy (non-hydrogen) atoms. The van der Waals surface area contributed by atoms with Gasteiger partial charge in [0.2, 0.25) is 0 Å². The van der Waals surface area contributed by atoms with Gasteiger partial charge < -0.3 is 10.2 Å². The van der Waals surface area contributed by atoms with Crippen molar-refractivity contribution in [3.05, 3.63) is 39.4 Å². The molecule has 0 radical (unpaired) electrons. The summed E-state index contributed by atoms with van der Waals surface area (Å²) in [4.78, 5) is 25.7. The molecule has 1 aromatic heterocycles. The number of carboxylic acids is 1. The first-order valence-corrected chi connectivity index (χ1v) is 7.67. The van der Waals surface area contributed by atoms with Gasteiger partial charge in [-0.3, -0.25) is 4.79 Å². The number of carbonyl (C=O) groups excluding carboxylic acids is 1. The molecule has 0 unspecified atom stereocenters. The van der Waals surface area contributed by atoms with E-state index in [0.29, 0.717) is 18.4 Å². The highest BCUT2D eigenvalue weighted by molar-refractivity contribution is 5.94. The first kappa shape index (κ1) is 20.8. The number of carbonyl (C=O) groups is 2. The number of nitrogens with zero attached hydrogens (tertiary/aromatic N) is 1. The minimum absolute atomic E-state index is 0.0272. The molecule has 0 atom stereocenters. The maximum atomic E-state index is 10.9. The molecule has 5 heteroatoms. The lowest BCUT2D eigenvalue weighted by atomic mass is 10.0. The molecule has 0 saturated carbocycles. The Kier molecular flexibility index (Phi) is 8.22. The molecule has 1 aromatic rings. The highest BCUT2D eigenvalue weighted by Gasteiger charge is 2.13. The summed E-state index contributed by atoms with van der Waals surface area (Å²) >= 11 is 0. The maximum Gasteiger partial charge on any atom is 0.354 e. The number of rotatable bonds is 4. The van der Waals surface area contributed by atoms with Gasteiger partial charge >= 0.3 is 5.97 Å². The number of hydrogen-bond acceptors (Lipinski definition) is 4. The SMILES string of the molecule is CCC(=O)/C(C)=C(\O)CC.Cc1nc(C(=O)O)c(C)c(C)c1C. The molecular weight excluding hydrogens is 294 g/mol. The van der Waals surface area contributed by atoms with E-state index in [4.69, 9.17) is 10.2 Å². The molecular formula is C18H27NO4. The average Bonchev–Trinajstić information content (AvgIpc) is 2.54. The van der Waals surface area contributed by atoms with E-state index in [1.165, 1.54) is 0 Å². The van der Waals surface area contributed by atoms with E-state index in [0.717, 1.165) is 22.4 Å². The number of Topliss-reactive ketones (excluding diaryl/α,β-unsaturated/α-hetero) is 1. The number of allylic oxidation sites excluding steroid dienone is 2. The van der Waals surface area contributed by atoms with Gasteiger partial charge in [0.05, 0.1) is 5.76 Å². The summed E-state index contributed by atoms with van der Waals surface area (Å²) in [7, 11) is 0. The average molecular weight is 321 g/mol. The van der Waals surface area contributed by atoms with Crippen molar-refractivity contribution in [3.63, 3.8) is 0 Å². The third kappa shape index (κ3) is 5.51. The van der Waals surface area contributed by atoms with Gasteiger partial charge in [0.25, 0.3) is 0 Å². The summed E-state index contributed by atoms with van der Waals surface area (Å²) in [6, 6.07) is 0. The highest BCUT2D eigenvalue weighted by atomic mass is 16.4. The number of pyridine rings is 1. The van der Waals surface area contributed by atoms with E-state index in [1.807, 2.05) is 27.7 Å². The van der Waals surface area contributed by atoms with E-state index < -0.39 is 5.97 Å². The van der Waals surface area contributed by atoms with Crippen LogP contribution in [0.3, 0.4) is 0 Å². The van der Waals surface area contributed by atoms with E-state index in [-0.39, 0.29) is 17.2 Å². The van der Waals surface area contributed by atoms with E-state index in [1.54, 1.807) is 20.8 Å². The predicted octanol–water partition coefficient (Wildman–Crippen LogP) is 4.22. The lowest BCUT2D eigenvalue weighted by Crippen LogP contribution is -2.08. The normalized spacial score (nSPS) is 11.3. The van der Waals surface area contributed by atoms with Crippen LogP contribution in [0, 0.1) is 27.7 Å². The summed E-state index contributed by atoms with van der Waals surface area (Å²) in [6.45, 7) is 12.8. The van der Waals surface area contributed by atoms with Gasteiger partial charge in [0.15, 0.2) is 11.5 Å². The van der Waals surface area contributed by atoms with Gasteiger partial charge in [-0.25, -0.2) is 9.78 Å². The molecule has 0 aliphatic rings. The van der Waals surface area contributed by atoms with Gasteiger partial charge in [-0.2, -0.15) is 0 Å². The number of ketones is 1. The quantitative estimate of drug-likeness (QED) is 0.640. The summed E-state index contributed by atoms with van der Waals surface area (Å²) in [5, 5.41) is 17.9. The molecule has 0 aliphatic heterocycles. The summed E-state index contributed by atoms with van der Waals surface area (Å²) in [5.74, 6) is -0.713. The Bertz CT molecular complexity index is 630. The van der Waals surface area contributed by atoms with Crippen molar-refractivity contribution in [2.75, 3.05) is 0 Å². The molecule has 0 aromatic carbocycles. The zero-order chi connectivity index (χ0) is 18.3. The molecule has 0 saturated heterocycles. The Morgan fingerprint density at radius 1 is 0.913 bits per heavy atom. The fraction of sp³-hybridized carbons (Fsp3) is 0.500. The van der Waals surface area contributed by atoms with Crippen molar-refractivity contribution in [1.82, 2.24) is 4.98 Å². The van der Waals surface area contributed by atoms with Crippen molar-refractivity contribution < 1.29 is 19.8 Å². The van der Waals surface area contributed by atoms with Crippen LogP contribution in [0.1, 0.15) is 66.5 Å². The van der Waals surface area contributed by atoms with Gasteiger partial charge in [-0.15, -0.1) is 0 Å². The number of hydrogen-bond donors (Lipinski definition) is 2. The monoisotopic (exact) mass is 321 g/mol. The molecule has 2 N–H and O–H groups in total. The van der Waals surface area contributed by atoms with Crippen molar-refractivity contribution in [2.24, 2.45) is 0 Å². The van der Waals surface area contributed by atoms with Crippen LogP contribution in [0.4, 0.5) is 0 Å².